The number of hydrogen-bond donors (Lipinski definition) is 2. The van der Waals surface area contributed by atoms with Crippen molar-refractivity contribution in [3.8, 4) is 0 Å². The fraction of sp³-hybridized carbons (Fsp3) is 0.667. The van der Waals surface area contributed by atoms with Crippen molar-refractivity contribution in [3.63, 3.8) is 0 Å². The van der Waals surface area contributed by atoms with E-state index in [1.54, 1.807) is 0 Å². The van der Waals surface area contributed by atoms with Crippen LogP contribution in [0.4, 0.5) is 13.2 Å². The standard InChI is InChI=1S/C4H8N2O.C2HF3O2/c7-6-4-1-2-5-3-4;3-2(4,5)1(6)7/h5,7H,1-3H2;(H,6,7)/p-1. The SMILES string of the molecule is O=C([O-])C(F)(F)F.ON=C1CCNC1. The molecule has 1 fully saturated rings. The largest absolute Gasteiger partial charge is 0.542 e. The Hall–Kier alpha value is -1.31. The molecule has 1 rings (SSSR count). The molecule has 0 spiro atoms. The maximum Gasteiger partial charge on any atom is 0.430 e. The Bertz CT molecular complexity index is 219. The van der Waals surface area contributed by atoms with Gasteiger partial charge in [0, 0.05) is 19.5 Å². The molecular formula is C6H8F3N2O3-. The minimum Gasteiger partial charge on any atom is -0.542 e. The van der Waals surface area contributed by atoms with Crippen LogP contribution >= 0.6 is 0 Å². The van der Waals surface area contributed by atoms with Gasteiger partial charge in [-0.05, 0) is 0 Å². The lowest BCUT2D eigenvalue weighted by Crippen LogP contribution is -2.37. The van der Waals surface area contributed by atoms with Crippen molar-refractivity contribution in [1.82, 2.24) is 5.32 Å². The van der Waals surface area contributed by atoms with Crippen LogP contribution in [0.2, 0.25) is 0 Å². The fourth-order valence-electron chi connectivity index (χ4n) is 0.639. The number of carbonyl (C=O) groups is 1. The molecule has 0 bridgehead atoms. The monoisotopic (exact) mass is 213 g/mol. The van der Waals surface area contributed by atoms with Crippen LogP contribution in [0.25, 0.3) is 0 Å². The van der Waals surface area contributed by atoms with Crippen LogP contribution < -0.4 is 10.4 Å². The van der Waals surface area contributed by atoms with E-state index in [-0.39, 0.29) is 0 Å². The van der Waals surface area contributed by atoms with Crippen molar-refractivity contribution >= 4 is 11.7 Å². The van der Waals surface area contributed by atoms with E-state index in [2.05, 4.69) is 10.5 Å². The Labute approximate surface area is 77.2 Å². The average molecular weight is 213 g/mol. The van der Waals surface area contributed by atoms with Crippen LogP contribution in [0.5, 0.6) is 0 Å². The van der Waals surface area contributed by atoms with E-state index >= 15 is 0 Å². The number of oxime groups is 1. The summed E-state index contributed by atoms with van der Waals surface area (Å²) < 4.78 is 31.5. The Balaban J connectivity index is 0.000000241. The number of hydrogen-bond acceptors (Lipinski definition) is 5. The van der Waals surface area contributed by atoms with Gasteiger partial charge in [-0.2, -0.15) is 13.2 Å². The van der Waals surface area contributed by atoms with Crippen molar-refractivity contribution in [2.45, 2.75) is 12.6 Å². The van der Waals surface area contributed by atoms with Gasteiger partial charge in [-0.3, -0.25) is 0 Å². The van der Waals surface area contributed by atoms with Gasteiger partial charge >= 0.3 is 6.18 Å². The van der Waals surface area contributed by atoms with E-state index in [0.29, 0.717) is 0 Å². The van der Waals surface area contributed by atoms with Gasteiger partial charge < -0.3 is 20.4 Å². The van der Waals surface area contributed by atoms with Crippen LogP contribution in [0.1, 0.15) is 6.42 Å². The van der Waals surface area contributed by atoms with Crippen molar-refractivity contribution in [1.29, 1.82) is 0 Å². The lowest BCUT2D eigenvalue weighted by molar-refractivity contribution is -0.344. The Kier molecular flexibility index (Phi) is 4.92. The zero-order valence-electron chi connectivity index (χ0n) is 6.97. The molecule has 8 heteroatoms. The van der Waals surface area contributed by atoms with Crippen LogP contribution in [0.15, 0.2) is 5.16 Å². The highest BCUT2D eigenvalue weighted by atomic mass is 19.4. The number of aliphatic carboxylic acids is 1. The van der Waals surface area contributed by atoms with Crippen molar-refractivity contribution < 1.29 is 28.3 Å². The van der Waals surface area contributed by atoms with Crippen molar-refractivity contribution in [2.75, 3.05) is 13.1 Å². The molecule has 82 valence electrons. The molecule has 1 aliphatic heterocycles. The van der Waals surface area contributed by atoms with Gasteiger partial charge in [0.05, 0.1) is 5.71 Å². The molecule has 0 saturated carbocycles. The predicted octanol–water partition coefficient (Wildman–Crippen LogP) is -0.892. The van der Waals surface area contributed by atoms with Crippen molar-refractivity contribution in [3.05, 3.63) is 0 Å². The lowest BCUT2D eigenvalue weighted by Gasteiger charge is -2.03. The normalized spacial score (nSPS) is 18.9. The Morgan fingerprint density at radius 3 is 2.21 bits per heavy atom. The number of carboxylic acids is 1. The van der Waals surface area contributed by atoms with Gasteiger partial charge in [0.15, 0.2) is 0 Å². The molecule has 1 heterocycles. The highest BCUT2D eigenvalue weighted by molar-refractivity contribution is 5.87. The van der Waals surface area contributed by atoms with E-state index < -0.39 is 12.1 Å². The van der Waals surface area contributed by atoms with Gasteiger partial charge in [-0.1, -0.05) is 5.16 Å². The summed E-state index contributed by atoms with van der Waals surface area (Å²) in [7, 11) is 0. The second kappa shape index (κ2) is 5.43. The first-order valence-electron chi connectivity index (χ1n) is 3.56. The molecule has 0 atom stereocenters. The maximum atomic E-state index is 10.5. The first-order chi connectivity index (χ1) is 6.38. The van der Waals surface area contributed by atoms with E-state index in [1.165, 1.54) is 0 Å². The van der Waals surface area contributed by atoms with Crippen molar-refractivity contribution in [2.24, 2.45) is 5.16 Å². The third kappa shape index (κ3) is 5.36. The number of halogens is 3. The number of rotatable bonds is 0. The summed E-state index contributed by atoms with van der Waals surface area (Å²) in [5.41, 5.74) is 0.861. The number of nitrogens with zero attached hydrogens (tertiary/aromatic N) is 1. The summed E-state index contributed by atoms with van der Waals surface area (Å²) in [6.45, 7) is 1.72. The molecule has 1 aliphatic rings. The van der Waals surface area contributed by atoms with Crippen LogP contribution in [-0.2, 0) is 4.79 Å². The van der Waals surface area contributed by atoms with Gasteiger partial charge in [0.2, 0.25) is 0 Å². The Morgan fingerprint density at radius 1 is 1.57 bits per heavy atom. The summed E-state index contributed by atoms with van der Waals surface area (Å²) in [6.07, 6.45) is -4.30. The predicted molar refractivity (Wildman–Crippen MR) is 37.8 cm³/mol. The topological polar surface area (TPSA) is 84.8 Å². The third-order valence-electron chi connectivity index (χ3n) is 1.29. The van der Waals surface area contributed by atoms with Crippen LogP contribution in [0, 0.1) is 0 Å². The van der Waals surface area contributed by atoms with E-state index in [1.807, 2.05) is 0 Å². The zero-order chi connectivity index (χ0) is 11.2. The first-order valence-corrected chi connectivity index (χ1v) is 3.56. The molecular weight excluding hydrogens is 205 g/mol. The van der Waals surface area contributed by atoms with Gasteiger partial charge in [-0.25, -0.2) is 0 Å². The highest BCUT2D eigenvalue weighted by Crippen LogP contribution is 2.11. The van der Waals surface area contributed by atoms with E-state index in [0.717, 1.165) is 25.2 Å². The van der Waals surface area contributed by atoms with E-state index in [4.69, 9.17) is 15.1 Å². The molecule has 2 N–H and O–H groups in total. The summed E-state index contributed by atoms with van der Waals surface area (Å²) in [5, 5.41) is 23.0. The quantitative estimate of drug-likeness (QED) is 0.403. The lowest BCUT2D eigenvalue weighted by atomic mass is 10.3. The summed E-state index contributed by atoms with van der Waals surface area (Å²) in [4.78, 5) is 8.78. The molecule has 0 aliphatic carbocycles. The molecule has 0 aromatic carbocycles. The fourth-order valence-corrected chi connectivity index (χ4v) is 0.639. The van der Waals surface area contributed by atoms with Gasteiger partial charge in [0.1, 0.15) is 5.97 Å². The molecule has 0 unspecified atom stereocenters. The minimum absolute atomic E-state index is 0.760. The molecule has 0 aromatic heterocycles. The molecule has 0 radical (unpaired) electrons. The molecule has 5 nitrogen and oxygen atoms in total. The smallest absolute Gasteiger partial charge is 0.430 e. The minimum atomic E-state index is -5.19. The summed E-state index contributed by atoms with van der Waals surface area (Å²) in [6, 6.07) is 0. The average Bonchev–Trinajstić information content (AvgIpc) is 2.54. The zero-order valence-corrected chi connectivity index (χ0v) is 6.97. The molecule has 1 saturated heterocycles. The Morgan fingerprint density at radius 2 is 2.07 bits per heavy atom. The van der Waals surface area contributed by atoms with Crippen LogP contribution in [0.3, 0.4) is 0 Å². The molecule has 14 heavy (non-hydrogen) atoms. The van der Waals surface area contributed by atoms with Gasteiger partial charge in [0.25, 0.3) is 0 Å². The molecule has 0 amide bonds. The van der Waals surface area contributed by atoms with E-state index in [9.17, 15) is 13.2 Å². The number of alkyl halides is 3. The summed E-state index contributed by atoms with van der Waals surface area (Å²) >= 11 is 0. The number of carboxylic acid groups (broad SMARTS) is 1. The number of carbonyl (C=O) groups excluding carboxylic acids is 1. The highest BCUT2D eigenvalue weighted by Gasteiger charge is 2.28. The third-order valence-corrected chi connectivity index (χ3v) is 1.29. The first kappa shape index (κ1) is 12.7. The maximum absolute atomic E-state index is 10.5. The summed E-state index contributed by atoms with van der Waals surface area (Å²) in [5.74, 6) is -3.01. The van der Waals surface area contributed by atoms with Gasteiger partial charge in [-0.15, -0.1) is 0 Å². The number of nitrogens with one attached hydrogen (secondary N) is 1. The second-order valence-electron chi connectivity index (χ2n) is 2.38. The molecule has 0 aromatic rings. The second-order valence-corrected chi connectivity index (χ2v) is 2.38. The van der Waals surface area contributed by atoms with Crippen LogP contribution in [-0.4, -0.2) is 36.2 Å².